The van der Waals surface area contributed by atoms with Gasteiger partial charge in [-0.2, -0.15) is 0 Å². The van der Waals surface area contributed by atoms with Crippen molar-refractivity contribution in [3.05, 3.63) is 30.1 Å². The normalized spacial score (nSPS) is 9.75. The van der Waals surface area contributed by atoms with Gasteiger partial charge in [-0.1, -0.05) is 0 Å². The number of hydrogen-bond donors (Lipinski definition) is 0. The van der Waals surface area contributed by atoms with E-state index >= 15 is 0 Å². The van der Waals surface area contributed by atoms with Crippen molar-refractivity contribution in [1.29, 1.82) is 0 Å². The second-order valence-corrected chi connectivity index (χ2v) is 2.41. The molecule has 0 unspecified atom stereocenters. The SMILES string of the molecule is COCCC(=O)c1cccnc1. The average Bonchev–Trinajstić information content (AvgIpc) is 2.15. The third-order valence-corrected chi connectivity index (χ3v) is 1.52. The predicted octanol–water partition coefficient (Wildman–Crippen LogP) is 1.30. The van der Waals surface area contributed by atoms with Crippen molar-refractivity contribution in [2.45, 2.75) is 6.42 Å². The fourth-order valence-corrected chi connectivity index (χ4v) is 0.867. The van der Waals surface area contributed by atoms with E-state index in [0.29, 0.717) is 18.6 Å². The van der Waals surface area contributed by atoms with Gasteiger partial charge in [-0.25, -0.2) is 0 Å². The standard InChI is InChI=1S/C9H11NO2/c1-12-6-4-9(11)8-3-2-5-10-7-8/h2-3,5,7H,4,6H2,1H3. The van der Waals surface area contributed by atoms with Crippen molar-refractivity contribution >= 4 is 5.78 Å². The van der Waals surface area contributed by atoms with Crippen LogP contribution < -0.4 is 0 Å². The monoisotopic (exact) mass is 165 g/mol. The van der Waals surface area contributed by atoms with Crippen molar-refractivity contribution < 1.29 is 9.53 Å². The zero-order valence-electron chi connectivity index (χ0n) is 6.99. The van der Waals surface area contributed by atoms with Gasteiger partial charge in [0, 0.05) is 31.5 Å². The molecule has 0 saturated carbocycles. The molecule has 0 amide bonds. The summed E-state index contributed by atoms with van der Waals surface area (Å²) in [6, 6.07) is 3.50. The van der Waals surface area contributed by atoms with Crippen LogP contribution in [-0.4, -0.2) is 24.5 Å². The Kier molecular flexibility index (Phi) is 3.41. The van der Waals surface area contributed by atoms with Gasteiger partial charge in [-0.3, -0.25) is 9.78 Å². The highest BCUT2D eigenvalue weighted by molar-refractivity contribution is 5.95. The summed E-state index contributed by atoms with van der Waals surface area (Å²) < 4.78 is 4.79. The summed E-state index contributed by atoms with van der Waals surface area (Å²) in [4.78, 5) is 15.1. The van der Waals surface area contributed by atoms with Crippen molar-refractivity contribution in [2.75, 3.05) is 13.7 Å². The summed E-state index contributed by atoms with van der Waals surface area (Å²) in [7, 11) is 1.58. The number of aromatic nitrogens is 1. The number of Topliss-reactive ketones (excluding diaryl/α,β-unsaturated/α-hetero) is 1. The second-order valence-electron chi connectivity index (χ2n) is 2.41. The van der Waals surface area contributed by atoms with E-state index in [1.165, 1.54) is 0 Å². The highest BCUT2D eigenvalue weighted by Gasteiger charge is 2.03. The molecule has 64 valence electrons. The van der Waals surface area contributed by atoms with E-state index in [1.807, 2.05) is 0 Å². The molecular formula is C9H11NO2. The molecule has 12 heavy (non-hydrogen) atoms. The third-order valence-electron chi connectivity index (χ3n) is 1.52. The Bertz CT molecular complexity index is 246. The molecule has 0 saturated heterocycles. The maximum atomic E-state index is 11.3. The van der Waals surface area contributed by atoms with Crippen molar-refractivity contribution in [2.24, 2.45) is 0 Å². The maximum Gasteiger partial charge on any atom is 0.166 e. The van der Waals surface area contributed by atoms with Crippen LogP contribution in [0, 0.1) is 0 Å². The lowest BCUT2D eigenvalue weighted by molar-refractivity contribution is 0.0932. The van der Waals surface area contributed by atoms with E-state index in [1.54, 1.807) is 31.6 Å². The molecule has 0 aliphatic rings. The van der Waals surface area contributed by atoms with Gasteiger partial charge in [0.2, 0.25) is 0 Å². The van der Waals surface area contributed by atoms with Gasteiger partial charge in [0.05, 0.1) is 6.61 Å². The van der Waals surface area contributed by atoms with Crippen LogP contribution >= 0.6 is 0 Å². The molecule has 0 aliphatic heterocycles. The molecule has 1 rings (SSSR count). The summed E-state index contributed by atoms with van der Waals surface area (Å²) in [6.07, 6.45) is 3.63. The van der Waals surface area contributed by atoms with E-state index in [0.717, 1.165) is 0 Å². The quantitative estimate of drug-likeness (QED) is 0.631. The lowest BCUT2D eigenvalue weighted by Gasteiger charge is -1.98. The van der Waals surface area contributed by atoms with Crippen LogP contribution in [0.4, 0.5) is 0 Å². The number of ether oxygens (including phenoxy) is 1. The fraction of sp³-hybridized carbons (Fsp3) is 0.333. The van der Waals surface area contributed by atoms with Crippen molar-refractivity contribution in [3.63, 3.8) is 0 Å². The minimum absolute atomic E-state index is 0.0740. The Morgan fingerprint density at radius 1 is 1.67 bits per heavy atom. The Balaban J connectivity index is 2.54. The number of pyridine rings is 1. The van der Waals surface area contributed by atoms with Gasteiger partial charge in [-0.05, 0) is 12.1 Å². The molecular weight excluding hydrogens is 154 g/mol. The van der Waals surface area contributed by atoms with E-state index in [2.05, 4.69) is 4.98 Å². The second kappa shape index (κ2) is 4.62. The number of hydrogen-bond acceptors (Lipinski definition) is 3. The molecule has 3 heteroatoms. The molecule has 0 spiro atoms. The van der Waals surface area contributed by atoms with E-state index < -0.39 is 0 Å². The van der Waals surface area contributed by atoms with Crippen LogP contribution in [0.5, 0.6) is 0 Å². The fourth-order valence-electron chi connectivity index (χ4n) is 0.867. The number of carbonyl (C=O) groups excluding carboxylic acids is 1. The highest BCUT2D eigenvalue weighted by Crippen LogP contribution is 2.00. The largest absolute Gasteiger partial charge is 0.384 e. The first-order valence-corrected chi connectivity index (χ1v) is 3.77. The van der Waals surface area contributed by atoms with Crippen molar-refractivity contribution in [1.82, 2.24) is 4.98 Å². The molecule has 1 aromatic heterocycles. The zero-order chi connectivity index (χ0) is 8.81. The number of methoxy groups -OCH3 is 1. The molecule has 0 aliphatic carbocycles. The van der Waals surface area contributed by atoms with E-state index in [-0.39, 0.29) is 5.78 Å². The van der Waals surface area contributed by atoms with Gasteiger partial charge in [0.1, 0.15) is 0 Å². The molecule has 3 nitrogen and oxygen atoms in total. The Morgan fingerprint density at radius 2 is 2.50 bits per heavy atom. The third kappa shape index (κ3) is 2.43. The van der Waals surface area contributed by atoms with Crippen molar-refractivity contribution in [3.8, 4) is 0 Å². The molecule has 0 fully saturated rings. The summed E-state index contributed by atoms with van der Waals surface area (Å²) in [5.41, 5.74) is 0.648. The first-order chi connectivity index (χ1) is 5.84. The summed E-state index contributed by atoms with van der Waals surface area (Å²) >= 11 is 0. The minimum atomic E-state index is 0.0740. The number of rotatable bonds is 4. The molecule has 1 aromatic rings. The number of carbonyl (C=O) groups is 1. The maximum absolute atomic E-state index is 11.3. The molecule has 0 N–H and O–H groups in total. The number of ketones is 1. The van der Waals surface area contributed by atoms with E-state index in [4.69, 9.17) is 4.74 Å². The summed E-state index contributed by atoms with van der Waals surface area (Å²) in [5.74, 6) is 0.0740. The average molecular weight is 165 g/mol. The zero-order valence-corrected chi connectivity index (χ0v) is 6.99. The van der Waals surface area contributed by atoms with Gasteiger partial charge in [0.15, 0.2) is 5.78 Å². The molecule has 0 bridgehead atoms. The van der Waals surface area contributed by atoms with Gasteiger partial charge in [0.25, 0.3) is 0 Å². The Morgan fingerprint density at radius 3 is 3.08 bits per heavy atom. The molecule has 0 aromatic carbocycles. The van der Waals surface area contributed by atoms with Crippen LogP contribution in [0.25, 0.3) is 0 Å². The van der Waals surface area contributed by atoms with Gasteiger partial charge in [-0.15, -0.1) is 0 Å². The van der Waals surface area contributed by atoms with Crippen LogP contribution in [0.2, 0.25) is 0 Å². The molecule has 1 heterocycles. The molecule has 0 atom stereocenters. The predicted molar refractivity (Wildman–Crippen MR) is 45.1 cm³/mol. The summed E-state index contributed by atoms with van der Waals surface area (Å²) in [6.45, 7) is 0.466. The van der Waals surface area contributed by atoms with Crippen LogP contribution in [0.1, 0.15) is 16.8 Å². The first kappa shape index (κ1) is 8.87. The minimum Gasteiger partial charge on any atom is -0.384 e. The topological polar surface area (TPSA) is 39.2 Å². The van der Waals surface area contributed by atoms with Gasteiger partial charge < -0.3 is 4.74 Å². The van der Waals surface area contributed by atoms with Crippen LogP contribution in [-0.2, 0) is 4.74 Å². The highest BCUT2D eigenvalue weighted by atomic mass is 16.5. The molecule has 0 radical (unpaired) electrons. The van der Waals surface area contributed by atoms with E-state index in [9.17, 15) is 4.79 Å². The summed E-state index contributed by atoms with van der Waals surface area (Å²) in [5, 5.41) is 0. The lowest BCUT2D eigenvalue weighted by Crippen LogP contribution is -2.03. The van der Waals surface area contributed by atoms with Crippen LogP contribution in [0.15, 0.2) is 24.5 Å². The first-order valence-electron chi connectivity index (χ1n) is 3.77. The smallest absolute Gasteiger partial charge is 0.166 e. The Hall–Kier alpha value is -1.22. The Labute approximate surface area is 71.4 Å². The number of nitrogens with zero attached hydrogens (tertiary/aromatic N) is 1. The lowest BCUT2D eigenvalue weighted by atomic mass is 10.1. The van der Waals surface area contributed by atoms with Gasteiger partial charge >= 0.3 is 0 Å². The van der Waals surface area contributed by atoms with Crippen LogP contribution in [0.3, 0.4) is 0 Å².